The zero-order valence-electron chi connectivity index (χ0n) is 17.9. The molecule has 7 nitrogen and oxygen atoms in total. The second kappa shape index (κ2) is 9.22. The summed E-state index contributed by atoms with van der Waals surface area (Å²) in [5, 5.41) is 6.85. The van der Waals surface area contributed by atoms with Crippen molar-refractivity contribution in [1.82, 2.24) is 9.29 Å². The number of fused-ring (bicyclic) bond motifs is 1. The Kier molecular flexibility index (Phi) is 6.13. The van der Waals surface area contributed by atoms with E-state index in [1.807, 2.05) is 42.5 Å². The third-order valence-electron chi connectivity index (χ3n) is 5.56. The highest BCUT2D eigenvalue weighted by molar-refractivity contribution is 7.89. The standard InChI is InChI=1S/C24H20FN3O4S2/c25-21-8-7-19(34(30,31)28-9-11-32-12-10-28)14-20(21)23(29)27-24-26-22(15-33-24)18-6-5-16-3-1-2-4-17(16)13-18/h1-8,13-15H,9-12H2,(H,26,27,29). The van der Waals surface area contributed by atoms with Gasteiger partial charge in [0.15, 0.2) is 5.13 Å². The number of nitrogens with zero attached hydrogens (tertiary/aromatic N) is 2. The van der Waals surface area contributed by atoms with Crippen LogP contribution in [0.1, 0.15) is 10.4 Å². The zero-order chi connectivity index (χ0) is 23.7. The Balaban J connectivity index is 1.37. The van der Waals surface area contributed by atoms with Crippen molar-refractivity contribution in [2.24, 2.45) is 0 Å². The first-order chi connectivity index (χ1) is 16.4. The van der Waals surface area contributed by atoms with Crippen LogP contribution in [-0.4, -0.2) is 49.9 Å². The summed E-state index contributed by atoms with van der Waals surface area (Å²) in [5.74, 6) is -1.58. The number of amides is 1. The van der Waals surface area contributed by atoms with Crippen molar-refractivity contribution in [3.8, 4) is 11.3 Å². The molecule has 2 heterocycles. The molecule has 5 rings (SSSR count). The first-order valence-corrected chi connectivity index (χ1v) is 12.9. The topological polar surface area (TPSA) is 88.6 Å². The molecule has 1 N–H and O–H groups in total. The maximum atomic E-state index is 14.5. The third kappa shape index (κ3) is 4.45. The van der Waals surface area contributed by atoms with Crippen LogP contribution >= 0.6 is 11.3 Å². The van der Waals surface area contributed by atoms with Crippen LogP contribution in [0.2, 0.25) is 0 Å². The zero-order valence-corrected chi connectivity index (χ0v) is 19.5. The number of sulfonamides is 1. The largest absolute Gasteiger partial charge is 0.379 e. The lowest BCUT2D eigenvalue weighted by Gasteiger charge is -2.26. The number of rotatable bonds is 5. The Bertz CT molecular complexity index is 1480. The number of morpholine rings is 1. The van der Waals surface area contributed by atoms with Crippen LogP contribution in [0.15, 0.2) is 70.9 Å². The Morgan fingerprint density at radius 2 is 1.79 bits per heavy atom. The maximum Gasteiger partial charge on any atom is 0.260 e. The number of hydrogen-bond acceptors (Lipinski definition) is 6. The minimum absolute atomic E-state index is 0.142. The van der Waals surface area contributed by atoms with E-state index in [1.54, 1.807) is 5.38 Å². The van der Waals surface area contributed by atoms with Gasteiger partial charge in [0.1, 0.15) is 5.82 Å². The molecule has 1 saturated heterocycles. The molecule has 0 saturated carbocycles. The number of anilines is 1. The van der Waals surface area contributed by atoms with Gasteiger partial charge >= 0.3 is 0 Å². The minimum atomic E-state index is -3.86. The summed E-state index contributed by atoms with van der Waals surface area (Å²) in [7, 11) is -3.86. The van der Waals surface area contributed by atoms with Crippen LogP contribution in [0.3, 0.4) is 0 Å². The first-order valence-electron chi connectivity index (χ1n) is 10.6. The van der Waals surface area contributed by atoms with E-state index < -0.39 is 21.7 Å². The maximum absolute atomic E-state index is 14.5. The van der Waals surface area contributed by atoms with E-state index in [1.165, 1.54) is 15.6 Å². The summed E-state index contributed by atoms with van der Waals surface area (Å²) in [4.78, 5) is 17.1. The lowest BCUT2D eigenvalue weighted by molar-refractivity contribution is 0.0730. The second-order valence-electron chi connectivity index (χ2n) is 7.71. The Hall–Kier alpha value is -3.18. The molecule has 1 fully saturated rings. The molecule has 1 amide bonds. The molecule has 0 atom stereocenters. The molecule has 3 aromatic carbocycles. The summed E-state index contributed by atoms with van der Waals surface area (Å²) in [6.07, 6.45) is 0. The second-order valence-corrected chi connectivity index (χ2v) is 10.5. The van der Waals surface area contributed by atoms with Crippen LogP contribution in [-0.2, 0) is 14.8 Å². The average molecular weight is 498 g/mol. The highest BCUT2D eigenvalue weighted by Gasteiger charge is 2.28. The number of thiazole rings is 1. The predicted molar refractivity (Wildman–Crippen MR) is 129 cm³/mol. The fourth-order valence-corrected chi connectivity index (χ4v) is 5.90. The number of aromatic nitrogens is 1. The summed E-state index contributed by atoms with van der Waals surface area (Å²) in [5.41, 5.74) is 1.20. The number of carbonyl (C=O) groups is 1. The number of benzene rings is 3. The van der Waals surface area contributed by atoms with E-state index in [9.17, 15) is 17.6 Å². The Morgan fingerprint density at radius 1 is 1.03 bits per heavy atom. The van der Waals surface area contributed by atoms with E-state index >= 15 is 0 Å². The smallest absolute Gasteiger partial charge is 0.260 e. The van der Waals surface area contributed by atoms with E-state index in [0.717, 1.165) is 34.5 Å². The monoisotopic (exact) mass is 497 g/mol. The lowest BCUT2D eigenvalue weighted by Crippen LogP contribution is -2.40. The Labute approximate surface area is 199 Å². The van der Waals surface area contributed by atoms with Crippen LogP contribution in [0, 0.1) is 5.82 Å². The van der Waals surface area contributed by atoms with E-state index in [-0.39, 0.29) is 41.9 Å². The van der Waals surface area contributed by atoms with Gasteiger partial charge in [0, 0.05) is 24.0 Å². The predicted octanol–water partition coefficient (Wildman–Crippen LogP) is 4.38. The van der Waals surface area contributed by atoms with Crippen LogP contribution in [0.25, 0.3) is 22.0 Å². The highest BCUT2D eigenvalue weighted by atomic mass is 32.2. The summed E-state index contributed by atoms with van der Waals surface area (Å²) >= 11 is 1.21. The van der Waals surface area contributed by atoms with E-state index in [4.69, 9.17) is 4.74 Å². The van der Waals surface area contributed by atoms with Crippen molar-refractivity contribution in [2.75, 3.05) is 31.6 Å². The molecule has 34 heavy (non-hydrogen) atoms. The number of carbonyl (C=O) groups excluding carboxylic acids is 1. The van der Waals surface area contributed by atoms with Crippen molar-refractivity contribution in [3.05, 3.63) is 77.4 Å². The van der Waals surface area contributed by atoms with Crippen molar-refractivity contribution >= 4 is 43.2 Å². The van der Waals surface area contributed by atoms with Crippen molar-refractivity contribution < 1.29 is 22.3 Å². The van der Waals surface area contributed by atoms with Crippen LogP contribution in [0.5, 0.6) is 0 Å². The number of ether oxygens (including phenoxy) is 1. The molecule has 1 aliphatic rings. The molecule has 174 valence electrons. The molecule has 0 aliphatic carbocycles. The van der Waals surface area contributed by atoms with Gasteiger partial charge in [-0.1, -0.05) is 36.4 Å². The lowest BCUT2D eigenvalue weighted by atomic mass is 10.1. The van der Waals surface area contributed by atoms with Crippen LogP contribution in [0.4, 0.5) is 9.52 Å². The van der Waals surface area contributed by atoms with Gasteiger partial charge in [0.25, 0.3) is 5.91 Å². The summed E-state index contributed by atoms with van der Waals surface area (Å²) in [6.45, 7) is 0.991. The highest BCUT2D eigenvalue weighted by Crippen LogP contribution is 2.28. The fourth-order valence-electron chi connectivity index (χ4n) is 3.75. The summed E-state index contributed by atoms with van der Waals surface area (Å²) in [6, 6.07) is 17.1. The van der Waals surface area contributed by atoms with Crippen molar-refractivity contribution in [1.29, 1.82) is 0 Å². The van der Waals surface area contributed by atoms with Crippen LogP contribution < -0.4 is 5.32 Å². The quantitative estimate of drug-likeness (QED) is 0.442. The van der Waals surface area contributed by atoms with E-state index in [0.29, 0.717) is 5.69 Å². The molecular weight excluding hydrogens is 477 g/mol. The third-order valence-corrected chi connectivity index (χ3v) is 8.21. The fraction of sp³-hybridized carbons (Fsp3) is 0.167. The molecular formula is C24H20FN3O4S2. The SMILES string of the molecule is O=C(Nc1nc(-c2ccc3ccccc3c2)cs1)c1cc(S(=O)(=O)N2CCOCC2)ccc1F. The van der Waals surface area contributed by atoms with Crippen molar-refractivity contribution in [2.45, 2.75) is 4.90 Å². The molecule has 4 aromatic rings. The van der Waals surface area contributed by atoms with E-state index in [2.05, 4.69) is 10.3 Å². The van der Waals surface area contributed by atoms with Crippen molar-refractivity contribution in [3.63, 3.8) is 0 Å². The van der Waals surface area contributed by atoms with Gasteiger partial charge in [-0.15, -0.1) is 11.3 Å². The van der Waals surface area contributed by atoms with Gasteiger partial charge in [-0.3, -0.25) is 10.1 Å². The molecule has 0 spiro atoms. The molecule has 1 aromatic heterocycles. The molecule has 0 radical (unpaired) electrons. The van der Waals surface area contributed by atoms with Gasteiger partial charge in [-0.2, -0.15) is 4.31 Å². The average Bonchev–Trinajstić information content (AvgIpc) is 3.33. The Morgan fingerprint density at radius 3 is 2.59 bits per heavy atom. The molecule has 10 heteroatoms. The number of hydrogen-bond donors (Lipinski definition) is 1. The van der Waals surface area contributed by atoms with Gasteiger partial charge in [0.05, 0.1) is 29.4 Å². The van der Waals surface area contributed by atoms with Gasteiger partial charge in [-0.05, 0) is 35.0 Å². The molecule has 0 unspecified atom stereocenters. The summed E-state index contributed by atoms with van der Waals surface area (Å²) < 4.78 is 46.7. The normalized spacial score (nSPS) is 14.9. The number of halogens is 1. The minimum Gasteiger partial charge on any atom is -0.379 e. The number of nitrogens with one attached hydrogen (secondary N) is 1. The van der Waals surface area contributed by atoms with Gasteiger partial charge < -0.3 is 4.74 Å². The molecule has 0 bridgehead atoms. The van der Waals surface area contributed by atoms with Gasteiger partial charge in [0.2, 0.25) is 10.0 Å². The van der Waals surface area contributed by atoms with Gasteiger partial charge in [-0.25, -0.2) is 17.8 Å². The first kappa shape index (κ1) is 22.6. The molecule has 1 aliphatic heterocycles.